The van der Waals surface area contributed by atoms with Gasteiger partial charge in [0.2, 0.25) is 0 Å². The van der Waals surface area contributed by atoms with E-state index >= 15 is 0 Å². The molecule has 0 aliphatic heterocycles. The summed E-state index contributed by atoms with van der Waals surface area (Å²) in [6.07, 6.45) is 16.8. The van der Waals surface area contributed by atoms with E-state index in [1.54, 1.807) is 0 Å². The van der Waals surface area contributed by atoms with Crippen LogP contribution >= 0.6 is 15.6 Å². The minimum Gasteiger partial charge on any atom is -0.756 e. The van der Waals surface area contributed by atoms with Gasteiger partial charge < -0.3 is 27.9 Å². The van der Waals surface area contributed by atoms with Gasteiger partial charge in [0.15, 0.2) is 0 Å². The van der Waals surface area contributed by atoms with Gasteiger partial charge >= 0.3 is 37.7 Å². The van der Waals surface area contributed by atoms with E-state index in [9.17, 15) is 18.9 Å². The molecule has 0 radical (unpaired) electrons. The molecule has 0 heterocycles. The number of rotatable bonds is 28. The predicted molar refractivity (Wildman–Crippen MR) is 178 cm³/mol. The standard InChI is InChI=1S/2C16H35O4P.Ca/c2*1-5-9-11-15(7-3)13-19-21(17,18)20-14-16(8-4)12-10-6-2;/h2*15-16H,5-14H2,1-4H3,(H,17,18);/q;;+2/p-2. The molecule has 4 atom stereocenters. The summed E-state index contributed by atoms with van der Waals surface area (Å²) in [7, 11) is -8.28. The van der Waals surface area contributed by atoms with E-state index in [-0.39, 0.29) is 64.2 Å². The molecule has 8 nitrogen and oxygen atoms in total. The normalized spacial score (nSPS) is 17.0. The molecule has 0 amide bonds. The van der Waals surface area contributed by atoms with Crippen LogP contribution in [-0.4, -0.2) is 64.2 Å². The first-order valence-corrected chi connectivity index (χ1v) is 20.1. The number of phosphoric acid groups is 2. The van der Waals surface area contributed by atoms with Crippen molar-refractivity contribution in [2.75, 3.05) is 26.4 Å². The molecule has 256 valence electrons. The minimum atomic E-state index is -4.14. The third kappa shape index (κ3) is 30.6. The maximum atomic E-state index is 11.8. The van der Waals surface area contributed by atoms with Gasteiger partial charge in [0.25, 0.3) is 15.6 Å². The van der Waals surface area contributed by atoms with E-state index in [1.165, 1.54) is 0 Å². The van der Waals surface area contributed by atoms with E-state index in [0.29, 0.717) is 23.7 Å². The van der Waals surface area contributed by atoms with Crippen molar-refractivity contribution < 1.29 is 37.0 Å². The average Bonchev–Trinajstić information content (AvgIpc) is 2.98. The van der Waals surface area contributed by atoms with Gasteiger partial charge in [-0.1, -0.05) is 132 Å². The van der Waals surface area contributed by atoms with Gasteiger partial charge in [-0.3, -0.25) is 9.13 Å². The first kappa shape index (κ1) is 48.9. The van der Waals surface area contributed by atoms with Crippen molar-refractivity contribution >= 4 is 53.4 Å². The Morgan fingerprint density at radius 1 is 0.442 bits per heavy atom. The Labute approximate surface area is 296 Å². The van der Waals surface area contributed by atoms with Crippen LogP contribution in [0.2, 0.25) is 0 Å². The van der Waals surface area contributed by atoms with Gasteiger partial charge in [-0.25, -0.2) is 0 Å². The van der Waals surface area contributed by atoms with E-state index in [4.69, 9.17) is 18.1 Å². The van der Waals surface area contributed by atoms with Crippen LogP contribution in [0, 0.1) is 23.7 Å². The summed E-state index contributed by atoms with van der Waals surface area (Å²) < 4.78 is 43.8. The van der Waals surface area contributed by atoms with Gasteiger partial charge in [0.05, 0.1) is 26.4 Å². The Kier molecular flexibility index (Phi) is 36.4. The molecule has 0 saturated heterocycles. The molecule has 0 aromatic rings. The van der Waals surface area contributed by atoms with Crippen molar-refractivity contribution in [3.05, 3.63) is 0 Å². The summed E-state index contributed by atoms with van der Waals surface area (Å²) >= 11 is 0. The molecule has 0 N–H and O–H groups in total. The summed E-state index contributed by atoms with van der Waals surface area (Å²) in [5.74, 6) is 1.21. The number of phosphoric ester groups is 2. The minimum absolute atomic E-state index is 0. The second-order valence-electron chi connectivity index (χ2n) is 11.7. The fourth-order valence-electron chi connectivity index (χ4n) is 4.45. The van der Waals surface area contributed by atoms with Crippen LogP contribution in [0.15, 0.2) is 0 Å². The SMILES string of the molecule is CCCCC(CC)COP(=O)([O-])OCC(CC)CCCC.CCCCC(CC)COP(=O)([O-])OCC(CC)CCCC.[Ca+2]. The first-order chi connectivity index (χ1) is 20.0. The number of unbranched alkanes of at least 4 members (excludes halogenated alkanes) is 4. The zero-order valence-electron chi connectivity index (χ0n) is 29.3. The topological polar surface area (TPSA) is 117 Å². The van der Waals surface area contributed by atoms with Crippen LogP contribution in [0.3, 0.4) is 0 Å². The zero-order valence-corrected chi connectivity index (χ0v) is 33.3. The molecule has 0 spiro atoms. The maximum Gasteiger partial charge on any atom is 2.00 e. The molecule has 4 unspecified atom stereocenters. The Bertz CT molecular complexity index is 582. The van der Waals surface area contributed by atoms with Crippen molar-refractivity contribution in [2.45, 2.75) is 158 Å². The third-order valence-electron chi connectivity index (χ3n) is 8.05. The van der Waals surface area contributed by atoms with Gasteiger partial charge in [0, 0.05) is 0 Å². The quantitative estimate of drug-likeness (QED) is 0.0592. The molecule has 11 heteroatoms. The van der Waals surface area contributed by atoms with Crippen LogP contribution in [-0.2, 0) is 27.2 Å². The monoisotopic (exact) mass is 682 g/mol. The fraction of sp³-hybridized carbons (Fsp3) is 1.00. The largest absolute Gasteiger partial charge is 2.00 e. The van der Waals surface area contributed by atoms with Crippen molar-refractivity contribution in [1.29, 1.82) is 0 Å². The van der Waals surface area contributed by atoms with Crippen LogP contribution in [0.1, 0.15) is 158 Å². The summed E-state index contributed by atoms with van der Waals surface area (Å²) in [5, 5.41) is 0. The first-order valence-electron chi connectivity index (χ1n) is 17.2. The van der Waals surface area contributed by atoms with E-state index in [0.717, 1.165) is 103 Å². The fourth-order valence-corrected chi connectivity index (χ4v) is 6.18. The van der Waals surface area contributed by atoms with Gasteiger partial charge in [-0.15, -0.1) is 0 Å². The average molecular weight is 683 g/mol. The molecule has 0 aliphatic carbocycles. The summed E-state index contributed by atoms with van der Waals surface area (Å²) in [6, 6.07) is 0. The summed E-state index contributed by atoms with van der Waals surface area (Å²) in [4.78, 5) is 23.6. The molecule has 0 fully saturated rings. The maximum absolute atomic E-state index is 11.8. The molecule has 0 rings (SSSR count). The van der Waals surface area contributed by atoms with Gasteiger partial charge in [-0.05, 0) is 49.4 Å². The second kappa shape index (κ2) is 32.0. The molecular formula is C32H68CaO8P2. The Morgan fingerprint density at radius 3 is 0.767 bits per heavy atom. The summed E-state index contributed by atoms with van der Waals surface area (Å²) in [6.45, 7) is 17.8. The Hall–Kier alpha value is 1.48. The van der Waals surface area contributed by atoms with Crippen molar-refractivity contribution in [3.8, 4) is 0 Å². The van der Waals surface area contributed by atoms with Crippen LogP contribution in [0.25, 0.3) is 0 Å². The summed E-state index contributed by atoms with van der Waals surface area (Å²) in [5.41, 5.74) is 0. The van der Waals surface area contributed by atoms with Gasteiger partial charge in [-0.2, -0.15) is 0 Å². The molecule has 0 bridgehead atoms. The van der Waals surface area contributed by atoms with Crippen LogP contribution in [0.4, 0.5) is 0 Å². The molecule has 0 aromatic carbocycles. The molecule has 43 heavy (non-hydrogen) atoms. The predicted octanol–water partition coefficient (Wildman–Crippen LogP) is 9.46. The van der Waals surface area contributed by atoms with Crippen molar-refractivity contribution in [3.63, 3.8) is 0 Å². The molecule has 0 saturated carbocycles. The van der Waals surface area contributed by atoms with Gasteiger partial charge in [0.1, 0.15) is 0 Å². The van der Waals surface area contributed by atoms with Crippen molar-refractivity contribution in [2.24, 2.45) is 23.7 Å². The van der Waals surface area contributed by atoms with E-state index in [1.807, 2.05) is 0 Å². The smallest absolute Gasteiger partial charge is 0.756 e. The van der Waals surface area contributed by atoms with E-state index < -0.39 is 15.6 Å². The molecule has 0 aliphatic rings. The van der Waals surface area contributed by atoms with Crippen LogP contribution < -0.4 is 9.79 Å². The number of hydrogen-bond acceptors (Lipinski definition) is 8. The molecule has 0 aromatic heterocycles. The second-order valence-corrected chi connectivity index (χ2v) is 14.6. The third-order valence-corrected chi connectivity index (χ3v) is 9.91. The Morgan fingerprint density at radius 2 is 0.628 bits per heavy atom. The zero-order chi connectivity index (χ0) is 32.3. The van der Waals surface area contributed by atoms with E-state index in [2.05, 4.69) is 55.4 Å². The van der Waals surface area contributed by atoms with Crippen LogP contribution in [0.5, 0.6) is 0 Å². The molecular weight excluding hydrogens is 614 g/mol. The Balaban J connectivity index is -0.000000727. The number of hydrogen-bond donors (Lipinski definition) is 0. The van der Waals surface area contributed by atoms with Crippen molar-refractivity contribution in [1.82, 2.24) is 0 Å².